The average molecular weight is 449 g/mol. The molecule has 0 aromatic heterocycles. The number of piperazine rings is 1. The number of hydrogen-bond donors (Lipinski definition) is 0. The molecule has 0 spiro atoms. The number of anilines is 2. The number of imide groups is 1. The first-order chi connectivity index (χ1) is 15.9. The minimum Gasteiger partial charge on any atom is -0.494 e. The number of benzene rings is 2. The molecule has 2 aromatic rings. The standard InChI is InChI=1S/C26H32N4O3/c1-5-28-14-16-29(17-15-28)24-23(19-10-12-22(13-11-19)33-6-2)25(31)30(26(24)32)21-9-7-8-20(18-21)27(3)4/h7-13,18H,5-6,14-17H2,1-4H3. The molecule has 4 rings (SSSR count). The van der Waals surface area contributed by atoms with Crippen molar-refractivity contribution in [1.29, 1.82) is 0 Å². The van der Waals surface area contributed by atoms with Gasteiger partial charge in [-0.05, 0) is 49.4 Å². The topological polar surface area (TPSA) is 56.3 Å². The number of likely N-dealkylation sites (N-methyl/N-ethyl adjacent to an activating group) is 1. The third kappa shape index (κ3) is 4.46. The van der Waals surface area contributed by atoms with Crippen molar-refractivity contribution in [3.8, 4) is 5.75 Å². The Labute approximate surface area is 195 Å². The first kappa shape index (κ1) is 22.9. The summed E-state index contributed by atoms with van der Waals surface area (Å²) in [5, 5.41) is 0. The monoisotopic (exact) mass is 448 g/mol. The van der Waals surface area contributed by atoms with E-state index in [2.05, 4.69) is 16.7 Å². The Bertz CT molecular complexity index is 1050. The summed E-state index contributed by atoms with van der Waals surface area (Å²) >= 11 is 0. The maximum atomic E-state index is 13.8. The molecule has 7 nitrogen and oxygen atoms in total. The van der Waals surface area contributed by atoms with Crippen LogP contribution in [-0.2, 0) is 9.59 Å². The zero-order chi connectivity index (χ0) is 23.5. The molecule has 2 amide bonds. The summed E-state index contributed by atoms with van der Waals surface area (Å²) in [5.74, 6) is 0.199. The van der Waals surface area contributed by atoms with Crippen molar-refractivity contribution in [3.63, 3.8) is 0 Å². The van der Waals surface area contributed by atoms with Gasteiger partial charge in [-0.25, -0.2) is 4.90 Å². The van der Waals surface area contributed by atoms with E-state index in [4.69, 9.17) is 4.74 Å². The van der Waals surface area contributed by atoms with Crippen molar-refractivity contribution in [3.05, 3.63) is 59.8 Å². The van der Waals surface area contributed by atoms with E-state index >= 15 is 0 Å². The minimum atomic E-state index is -0.284. The summed E-state index contributed by atoms with van der Waals surface area (Å²) < 4.78 is 5.57. The Kier molecular flexibility index (Phi) is 6.70. The molecule has 2 aromatic carbocycles. The van der Waals surface area contributed by atoms with Gasteiger partial charge in [0.05, 0.1) is 17.9 Å². The molecule has 0 N–H and O–H groups in total. The highest BCUT2D eigenvalue weighted by Gasteiger charge is 2.43. The molecule has 0 radical (unpaired) electrons. The predicted molar refractivity (Wildman–Crippen MR) is 131 cm³/mol. The molecule has 2 aliphatic rings. The lowest BCUT2D eigenvalue weighted by atomic mass is 10.0. The lowest BCUT2D eigenvalue weighted by Crippen LogP contribution is -2.47. The normalized spacial score (nSPS) is 17.2. The molecular formula is C26H32N4O3. The Morgan fingerprint density at radius 1 is 0.909 bits per heavy atom. The van der Waals surface area contributed by atoms with Crippen LogP contribution in [0.3, 0.4) is 0 Å². The average Bonchev–Trinajstić information content (AvgIpc) is 3.09. The molecule has 0 unspecified atom stereocenters. The number of carbonyl (C=O) groups excluding carboxylic acids is 2. The summed E-state index contributed by atoms with van der Waals surface area (Å²) in [5.41, 5.74) is 3.21. The first-order valence-corrected chi connectivity index (χ1v) is 11.6. The second kappa shape index (κ2) is 9.67. The summed E-state index contributed by atoms with van der Waals surface area (Å²) in [6.45, 7) is 8.80. The summed E-state index contributed by atoms with van der Waals surface area (Å²) in [4.78, 5) is 35.2. The van der Waals surface area contributed by atoms with Crippen LogP contribution in [0.25, 0.3) is 5.57 Å². The smallest absolute Gasteiger partial charge is 0.282 e. The highest BCUT2D eigenvalue weighted by molar-refractivity contribution is 6.45. The largest absolute Gasteiger partial charge is 0.494 e. The number of rotatable bonds is 7. The van der Waals surface area contributed by atoms with Crippen LogP contribution in [-0.4, -0.2) is 75.0 Å². The van der Waals surface area contributed by atoms with Gasteiger partial charge in [0, 0.05) is 46.0 Å². The molecule has 174 valence electrons. The van der Waals surface area contributed by atoms with E-state index in [-0.39, 0.29) is 11.8 Å². The van der Waals surface area contributed by atoms with Crippen LogP contribution in [0.2, 0.25) is 0 Å². The van der Waals surface area contributed by atoms with Crippen molar-refractivity contribution >= 4 is 28.8 Å². The fourth-order valence-electron chi connectivity index (χ4n) is 4.39. The maximum Gasteiger partial charge on any atom is 0.282 e. The second-order valence-electron chi connectivity index (χ2n) is 8.46. The van der Waals surface area contributed by atoms with E-state index in [1.165, 1.54) is 4.90 Å². The van der Waals surface area contributed by atoms with E-state index in [1.807, 2.05) is 74.4 Å². The molecule has 7 heteroatoms. The molecular weight excluding hydrogens is 416 g/mol. The highest BCUT2D eigenvalue weighted by Crippen LogP contribution is 2.36. The lowest BCUT2D eigenvalue weighted by molar-refractivity contribution is -0.120. The Morgan fingerprint density at radius 2 is 1.61 bits per heavy atom. The minimum absolute atomic E-state index is 0.260. The molecule has 1 fully saturated rings. The van der Waals surface area contributed by atoms with Gasteiger partial charge in [-0.3, -0.25) is 9.59 Å². The van der Waals surface area contributed by atoms with E-state index in [0.29, 0.717) is 36.7 Å². The summed E-state index contributed by atoms with van der Waals surface area (Å²) in [7, 11) is 3.88. The zero-order valence-electron chi connectivity index (χ0n) is 19.9. The lowest BCUT2D eigenvalue weighted by Gasteiger charge is -2.36. The van der Waals surface area contributed by atoms with Crippen LogP contribution < -0.4 is 14.5 Å². The van der Waals surface area contributed by atoms with Gasteiger partial charge in [0.1, 0.15) is 11.4 Å². The summed E-state index contributed by atoms with van der Waals surface area (Å²) in [6, 6.07) is 15.0. The molecule has 2 aliphatic heterocycles. The molecule has 1 saturated heterocycles. The molecule has 0 atom stereocenters. The van der Waals surface area contributed by atoms with Gasteiger partial charge in [0.2, 0.25) is 0 Å². The second-order valence-corrected chi connectivity index (χ2v) is 8.46. The Balaban J connectivity index is 1.75. The van der Waals surface area contributed by atoms with Gasteiger partial charge in [-0.1, -0.05) is 25.1 Å². The third-order valence-corrected chi connectivity index (χ3v) is 6.25. The van der Waals surface area contributed by atoms with Crippen LogP contribution in [0, 0.1) is 0 Å². The van der Waals surface area contributed by atoms with Gasteiger partial charge in [-0.15, -0.1) is 0 Å². The van der Waals surface area contributed by atoms with E-state index in [1.54, 1.807) is 0 Å². The Morgan fingerprint density at radius 3 is 2.21 bits per heavy atom. The van der Waals surface area contributed by atoms with Crippen molar-refractivity contribution in [2.75, 3.05) is 63.2 Å². The van der Waals surface area contributed by atoms with Gasteiger partial charge < -0.3 is 19.4 Å². The Hall–Kier alpha value is -3.32. The van der Waals surface area contributed by atoms with Crippen molar-refractivity contribution in [2.45, 2.75) is 13.8 Å². The third-order valence-electron chi connectivity index (χ3n) is 6.25. The van der Waals surface area contributed by atoms with Crippen molar-refractivity contribution < 1.29 is 14.3 Å². The maximum absolute atomic E-state index is 13.8. The molecule has 33 heavy (non-hydrogen) atoms. The predicted octanol–water partition coefficient (Wildman–Crippen LogP) is 3.07. The van der Waals surface area contributed by atoms with Gasteiger partial charge in [0.15, 0.2) is 0 Å². The van der Waals surface area contributed by atoms with Crippen molar-refractivity contribution in [1.82, 2.24) is 9.80 Å². The van der Waals surface area contributed by atoms with Gasteiger partial charge >= 0.3 is 0 Å². The van der Waals surface area contributed by atoms with Crippen LogP contribution in [0.1, 0.15) is 19.4 Å². The fourth-order valence-corrected chi connectivity index (χ4v) is 4.39. The van der Waals surface area contributed by atoms with Crippen LogP contribution in [0.5, 0.6) is 5.75 Å². The number of ether oxygens (including phenoxy) is 1. The number of hydrogen-bond acceptors (Lipinski definition) is 6. The SMILES string of the molecule is CCOc1ccc(C2=C(N3CCN(CC)CC3)C(=O)N(c3cccc(N(C)C)c3)C2=O)cc1. The zero-order valence-corrected chi connectivity index (χ0v) is 19.9. The first-order valence-electron chi connectivity index (χ1n) is 11.6. The number of nitrogens with zero attached hydrogens (tertiary/aromatic N) is 4. The van der Waals surface area contributed by atoms with E-state index < -0.39 is 0 Å². The van der Waals surface area contributed by atoms with Crippen molar-refractivity contribution in [2.24, 2.45) is 0 Å². The van der Waals surface area contributed by atoms with Gasteiger partial charge in [-0.2, -0.15) is 0 Å². The van der Waals surface area contributed by atoms with E-state index in [9.17, 15) is 9.59 Å². The van der Waals surface area contributed by atoms with Gasteiger partial charge in [0.25, 0.3) is 11.8 Å². The van der Waals surface area contributed by atoms with E-state index in [0.717, 1.165) is 36.6 Å². The molecule has 0 bridgehead atoms. The summed E-state index contributed by atoms with van der Waals surface area (Å²) in [6.07, 6.45) is 0. The van der Waals surface area contributed by atoms with Crippen LogP contribution >= 0.6 is 0 Å². The quantitative estimate of drug-likeness (QED) is 0.607. The number of carbonyl (C=O) groups is 2. The number of amides is 2. The highest BCUT2D eigenvalue weighted by atomic mass is 16.5. The van der Waals surface area contributed by atoms with Crippen LogP contribution in [0.4, 0.5) is 11.4 Å². The molecule has 0 aliphatic carbocycles. The van der Waals surface area contributed by atoms with Crippen LogP contribution in [0.15, 0.2) is 54.2 Å². The molecule has 0 saturated carbocycles. The fraction of sp³-hybridized carbons (Fsp3) is 0.385. The molecule has 2 heterocycles.